The third-order valence-corrected chi connectivity index (χ3v) is 1.67. The maximum atomic E-state index is 11.2. The lowest BCUT2D eigenvalue weighted by Crippen LogP contribution is -2.35. The molecule has 2 N–H and O–H groups in total. The lowest BCUT2D eigenvalue weighted by molar-refractivity contribution is -0.124. The summed E-state index contributed by atoms with van der Waals surface area (Å²) in [6, 6.07) is 5.26. The second kappa shape index (κ2) is 7.42. The van der Waals surface area contributed by atoms with Crippen LogP contribution in [-0.4, -0.2) is 40.6 Å². The minimum absolute atomic E-state index is 0.273. The highest BCUT2D eigenvalue weighted by molar-refractivity contribution is 6.24. The average Bonchev–Trinajstić information content (AvgIpc) is 2.38. The number of hydrazone groups is 1. The molecule has 0 atom stereocenters. The fourth-order valence-corrected chi connectivity index (χ4v) is 0.928. The van der Waals surface area contributed by atoms with Gasteiger partial charge in [0.05, 0.1) is 18.5 Å². The smallest absolute Gasteiger partial charge is 0.344 e. The summed E-state index contributed by atoms with van der Waals surface area (Å²) in [7, 11) is 0. The summed E-state index contributed by atoms with van der Waals surface area (Å²) in [5, 5.41) is 5.83. The Morgan fingerprint density at radius 3 is 3.00 bits per heavy atom. The quantitative estimate of drug-likeness (QED) is 0.298. The third kappa shape index (κ3) is 5.29. The second-order valence-corrected chi connectivity index (χ2v) is 3.01. The number of nitrogens with zero attached hydrogens (tertiary/aromatic N) is 4. The van der Waals surface area contributed by atoms with Crippen LogP contribution in [0, 0.1) is 0 Å². The van der Waals surface area contributed by atoms with Crippen molar-refractivity contribution in [3.63, 3.8) is 0 Å². The zero-order valence-electron chi connectivity index (χ0n) is 9.28. The predicted molar refractivity (Wildman–Crippen MR) is 62.7 cm³/mol. The SMILES string of the molecule is [N-]=[N+]=CC(=O)NCC(=O)N/N=C/c1ccccn1. The maximum Gasteiger partial charge on any atom is 0.344 e. The van der Waals surface area contributed by atoms with Crippen molar-refractivity contribution in [1.82, 2.24) is 15.7 Å². The zero-order chi connectivity index (χ0) is 13.2. The van der Waals surface area contributed by atoms with E-state index >= 15 is 0 Å². The number of hydrogen-bond donors (Lipinski definition) is 2. The average molecular weight is 246 g/mol. The first-order valence-corrected chi connectivity index (χ1v) is 4.90. The minimum atomic E-state index is -0.679. The number of hydrogen-bond acceptors (Lipinski definition) is 4. The van der Waals surface area contributed by atoms with E-state index in [0.29, 0.717) is 11.9 Å². The highest BCUT2D eigenvalue weighted by atomic mass is 16.2. The molecule has 0 unspecified atom stereocenters. The van der Waals surface area contributed by atoms with Crippen LogP contribution in [0.1, 0.15) is 5.69 Å². The Hall–Kier alpha value is -2.86. The molecule has 0 bridgehead atoms. The molecule has 18 heavy (non-hydrogen) atoms. The molecule has 1 rings (SSSR count). The molecule has 1 heterocycles. The fraction of sp³-hybridized carbons (Fsp3) is 0.100. The molecule has 0 saturated heterocycles. The molecule has 8 heteroatoms. The number of rotatable bonds is 5. The first kappa shape index (κ1) is 13.2. The van der Waals surface area contributed by atoms with E-state index in [0.717, 1.165) is 0 Å². The predicted octanol–water partition coefficient (Wildman–Crippen LogP) is -1.05. The largest absolute Gasteiger partial charge is 0.361 e. The standard InChI is InChI=1S/C10H10N6O2/c11-14-7-9(17)13-6-10(18)16-15-5-8-3-1-2-4-12-8/h1-5,7H,6H2,(H,13,17)(H,16,18)/b15-5+. The molecule has 0 fully saturated rings. The van der Waals surface area contributed by atoms with Crippen molar-refractivity contribution >= 4 is 24.2 Å². The van der Waals surface area contributed by atoms with E-state index in [1.807, 2.05) is 0 Å². The van der Waals surface area contributed by atoms with Crippen molar-refractivity contribution in [3.05, 3.63) is 35.6 Å². The van der Waals surface area contributed by atoms with Crippen LogP contribution in [0.25, 0.3) is 5.53 Å². The minimum Gasteiger partial charge on any atom is -0.361 e. The molecule has 0 aliphatic rings. The first-order chi connectivity index (χ1) is 8.72. The molecule has 92 valence electrons. The van der Waals surface area contributed by atoms with Crippen molar-refractivity contribution < 1.29 is 14.4 Å². The van der Waals surface area contributed by atoms with Gasteiger partial charge in [-0.3, -0.25) is 14.6 Å². The van der Waals surface area contributed by atoms with Gasteiger partial charge in [0.1, 0.15) is 0 Å². The highest BCUT2D eigenvalue weighted by Gasteiger charge is 2.04. The van der Waals surface area contributed by atoms with Crippen molar-refractivity contribution in [2.24, 2.45) is 5.10 Å². The van der Waals surface area contributed by atoms with Crippen LogP contribution in [0.15, 0.2) is 29.5 Å². The second-order valence-electron chi connectivity index (χ2n) is 3.01. The van der Waals surface area contributed by atoms with Crippen molar-refractivity contribution in [2.45, 2.75) is 0 Å². The van der Waals surface area contributed by atoms with Crippen LogP contribution in [0.2, 0.25) is 0 Å². The highest BCUT2D eigenvalue weighted by Crippen LogP contribution is 1.87. The lowest BCUT2D eigenvalue weighted by atomic mass is 10.4. The summed E-state index contributed by atoms with van der Waals surface area (Å²) in [5.41, 5.74) is 10.8. The molecular weight excluding hydrogens is 236 g/mol. The molecule has 1 aromatic rings. The van der Waals surface area contributed by atoms with E-state index in [1.54, 1.807) is 24.4 Å². The van der Waals surface area contributed by atoms with E-state index in [4.69, 9.17) is 5.53 Å². The Kier molecular flexibility index (Phi) is 5.44. The van der Waals surface area contributed by atoms with E-state index < -0.39 is 11.8 Å². The normalized spacial score (nSPS) is 9.56. The Bertz CT molecular complexity index is 492. The van der Waals surface area contributed by atoms with Gasteiger partial charge < -0.3 is 10.8 Å². The van der Waals surface area contributed by atoms with E-state index in [9.17, 15) is 9.59 Å². The maximum absolute atomic E-state index is 11.2. The van der Waals surface area contributed by atoms with Crippen LogP contribution in [-0.2, 0) is 9.59 Å². The number of aromatic nitrogens is 1. The van der Waals surface area contributed by atoms with Gasteiger partial charge in [0.15, 0.2) is 0 Å². The van der Waals surface area contributed by atoms with Crippen molar-refractivity contribution in [2.75, 3.05) is 6.54 Å². The number of carbonyl (C=O) groups is 2. The number of pyridine rings is 1. The van der Waals surface area contributed by atoms with Gasteiger partial charge in [0, 0.05) is 6.20 Å². The lowest BCUT2D eigenvalue weighted by Gasteiger charge is -1.98. The summed E-state index contributed by atoms with van der Waals surface area (Å²) >= 11 is 0. The summed E-state index contributed by atoms with van der Waals surface area (Å²) in [4.78, 5) is 28.4. The topological polar surface area (TPSA) is 120 Å². The number of nitrogens with one attached hydrogen (secondary N) is 2. The van der Waals surface area contributed by atoms with Crippen molar-refractivity contribution in [3.8, 4) is 0 Å². The third-order valence-electron chi connectivity index (χ3n) is 1.67. The molecule has 2 amide bonds. The monoisotopic (exact) mass is 246 g/mol. The van der Waals surface area contributed by atoms with Crippen LogP contribution < -0.4 is 10.7 Å². The summed E-state index contributed by atoms with van der Waals surface area (Å²) in [6.45, 7) is -0.273. The van der Waals surface area contributed by atoms with Gasteiger partial charge in [-0.2, -0.15) is 9.89 Å². The van der Waals surface area contributed by atoms with Gasteiger partial charge in [-0.05, 0) is 12.1 Å². The van der Waals surface area contributed by atoms with Gasteiger partial charge in [0.2, 0.25) is 0 Å². The molecule has 0 aliphatic carbocycles. The van der Waals surface area contributed by atoms with Crippen LogP contribution in [0.4, 0.5) is 0 Å². The molecular formula is C10H10N6O2. The molecule has 0 spiro atoms. The molecule has 1 aromatic heterocycles. The van der Waals surface area contributed by atoms with E-state index in [1.165, 1.54) is 6.21 Å². The zero-order valence-corrected chi connectivity index (χ0v) is 9.28. The Balaban J connectivity index is 2.31. The van der Waals surface area contributed by atoms with Crippen LogP contribution in [0.3, 0.4) is 0 Å². The fourth-order valence-electron chi connectivity index (χ4n) is 0.928. The van der Waals surface area contributed by atoms with Gasteiger partial charge in [-0.25, -0.2) is 5.43 Å². The number of carbonyl (C=O) groups excluding carboxylic acids is 2. The van der Waals surface area contributed by atoms with Gasteiger partial charge in [-0.15, -0.1) is 0 Å². The molecule has 0 aliphatic heterocycles. The van der Waals surface area contributed by atoms with Crippen LogP contribution >= 0.6 is 0 Å². The first-order valence-electron chi connectivity index (χ1n) is 4.90. The summed E-state index contributed by atoms with van der Waals surface area (Å²) in [6.07, 6.45) is 3.61. The Morgan fingerprint density at radius 2 is 2.33 bits per heavy atom. The molecule has 0 saturated carbocycles. The summed E-state index contributed by atoms with van der Waals surface area (Å²) < 4.78 is 0. The van der Waals surface area contributed by atoms with Gasteiger partial charge >= 0.3 is 12.1 Å². The summed E-state index contributed by atoms with van der Waals surface area (Å²) in [5.74, 6) is -1.19. The van der Waals surface area contributed by atoms with Gasteiger partial charge in [-0.1, -0.05) is 6.07 Å². The molecule has 8 nitrogen and oxygen atoms in total. The molecule has 0 aromatic carbocycles. The van der Waals surface area contributed by atoms with Crippen LogP contribution in [0.5, 0.6) is 0 Å². The van der Waals surface area contributed by atoms with Crippen molar-refractivity contribution in [1.29, 1.82) is 0 Å². The Morgan fingerprint density at radius 1 is 1.50 bits per heavy atom. The van der Waals surface area contributed by atoms with Gasteiger partial charge in [0.25, 0.3) is 5.91 Å². The number of amides is 2. The molecule has 0 radical (unpaired) electrons. The van der Waals surface area contributed by atoms with E-state index in [-0.39, 0.29) is 6.54 Å². The Labute approximate surface area is 102 Å². The van der Waals surface area contributed by atoms with E-state index in [2.05, 4.69) is 25.6 Å².